The van der Waals surface area contributed by atoms with E-state index in [1.807, 2.05) is 6.07 Å². The van der Waals surface area contributed by atoms with Crippen molar-refractivity contribution >= 4 is 0 Å². The van der Waals surface area contributed by atoms with Crippen LogP contribution < -0.4 is 4.74 Å². The van der Waals surface area contributed by atoms with Crippen molar-refractivity contribution in [3.8, 4) is 5.75 Å². The van der Waals surface area contributed by atoms with E-state index in [-0.39, 0.29) is 17.4 Å². The number of aliphatic hydroxyl groups is 2. The van der Waals surface area contributed by atoms with Crippen LogP contribution >= 0.6 is 0 Å². The number of benzene rings is 1. The quantitative estimate of drug-likeness (QED) is 0.856. The Bertz CT molecular complexity index is 625. The number of fused-ring (bicyclic) bond motifs is 3. The van der Waals surface area contributed by atoms with Crippen LogP contribution in [0.5, 0.6) is 5.75 Å². The summed E-state index contributed by atoms with van der Waals surface area (Å²) in [4.78, 5) is 0. The van der Waals surface area contributed by atoms with Gasteiger partial charge in [0.25, 0.3) is 0 Å². The van der Waals surface area contributed by atoms with Crippen molar-refractivity contribution in [2.75, 3.05) is 27.4 Å². The molecule has 1 fully saturated rings. The van der Waals surface area contributed by atoms with Crippen LogP contribution in [0.2, 0.25) is 0 Å². The van der Waals surface area contributed by atoms with Crippen LogP contribution in [0.3, 0.4) is 0 Å². The van der Waals surface area contributed by atoms with Crippen molar-refractivity contribution in [1.29, 1.82) is 0 Å². The fourth-order valence-electron chi connectivity index (χ4n) is 5.68. The molecule has 4 heteroatoms. The minimum Gasteiger partial charge on any atom is -0.497 e. The maximum atomic E-state index is 11.0. The third-order valence-electron chi connectivity index (χ3n) is 6.79. The van der Waals surface area contributed by atoms with Crippen LogP contribution in [0.1, 0.15) is 62.3 Å². The Morgan fingerprint density at radius 3 is 2.60 bits per heavy atom. The van der Waals surface area contributed by atoms with Gasteiger partial charge in [0.1, 0.15) is 5.75 Å². The molecule has 2 aliphatic rings. The molecule has 2 N–H and O–H groups in total. The fourth-order valence-corrected chi connectivity index (χ4v) is 5.68. The lowest BCUT2D eigenvalue weighted by Gasteiger charge is -2.56. The first-order valence-electron chi connectivity index (χ1n) is 9.39. The zero-order valence-electron chi connectivity index (χ0n) is 16.0. The Hall–Kier alpha value is -1.10. The van der Waals surface area contributed by atoms with Crippen LogP contribution in [0.15, 0.2) is 12.1 Å². The van der Waals surface area contributed by atoms with Crippen molar-refractivity contribution in [2.45, 2.75) is 57.5 Å². The van der Waals surface area contributed by atoms with Crippen LogP contribution in [-0.4, -0.2) is 37.6 Å². The summed E-state index contributed by atoms with van der Waals surface area (Å²) in [5, 5.41) is 20.5. The van der Waals surface area contributed by atoms with Gasteiger partial charge in [0.2, 0.25) is 0 Å². The normalized spacial score (nSPS) is 34.3. The highest BCUT2D eigenvalue weighted by molar-refractivity contribution is 5.50. The number of aliphatic hydroxyl groups excluding tert-OH is 2. The van der Waals surface area contributed by atoms with Crippen molar-refractivity contribution in [1.82, 2.24) is 0 Å². The molecule has 0 aliphatic heterocycles. The highest BCUT2D eigenvalue weighted by Gasteiger charge is 2.54. The van der Waals surface area contributed by atoms with E-state index in [0.717, 1.165) is 49.2 Å². The Morgan fingerprint density at radius 2 is 1.96 bits per heavy atom. The van der Waals surface area contributed by atoms with Crippen LogP contribution in [0.4, 0.5) is 0 Å². The third kappa shape index (κ3) is 2.98. The highest BCUT2D eigenvalue weighted by Crippen LogP contribution is 2.60. The van der Waals surface area contributed by atoms with Crippen molar-refractivity contribution in [3.63, 3.8) is 0 Å². The average molecular weight is 348 g/mol. The molecule has 1 saturated carbocycles. The van der Waals surface area contributed by atoms with E-state index in [4.69, 9.17) is 9.47 Å². The van der Waals surface area contributed by atoms with E-state index >= 15 is 0 Å². The van der Waals surface area contributed by atoms with Gasteiger partial charge in [-0.25, -0.2) is 0 Å². The fraction of sp³-hybridized carbons (Fsp3) is 0.714. The second-order valence-corrected chi connectivity index (χ2v) is 8.38. The molecule has 2 aliphatic carbocycles. The number of rotatable bonds is 5. The molecule has 0 aromatic heterocycles. The molecule has 4 atom stereocenters. The second kappa shape index (κ2) is 6.90. The molecular formula is C21H32O4. The number of methoxy groups -OCH3 is 2. The summed E-state index contributed by atoms with van der Waals surface area (Å²) in [6.45, 7) is 5.46. The Kier molecular flexibility index (Phi) is 5.16. The number of hydrogen-bond acceptors (Lipinski definition) is 4. The lowest BCUT2D eigenvalue weighted by Crippen LogP contribution is -2.51. The summed E-state index contributed by atoms with van der Waals surface area (Å²) in [5.41, 5.74) is 3.32. The first kappa shape index (κ1) is 18.7. The number of ether oxygens (including phenoxy) is 2. The summed E-state index contributed by atoms with van der Waals surface area (Å²) in [5.74, 6) is 1.18. The summed E-state index contributed by atoms with van der Waals surface area (Å²) in [7, 11) is 3.45. The van der Waals surface area contributed by atoms with Gasteiger partial charge < -0.3 is 19.7 Å². The molecule has 1 unspecified atom stereocenters. The van der Waals surface area contributed by atoms with Crippen molar-refractivity contribution in [3.05, 3.63) is 28.8 Å². The molecule has 0 heterocycles. The zero-order chi connectivity index (χ0) is 18.2. The lowest BCUT2D eigenvalue weighted by atomic mass is 9.49. The summed E-state index contributed by atoms with van der Waals surface area (Å²) in [6.07, 6.45) is 4.23. The first-order chi connectivity index (χ1) is 11.9. The smallest absolute Gasteiger partial charge is 0.119 e. The van der Waals surface area contributed by atoms with Crippen LogP contribution in [-0.2, 0) is 16.6 Å². The van der Waals surface area contributed by atoms with Gasteiger partial charge in [-0.1, -0.05) is 20.3 Å². The topological polar surface area (TPSA) is 58.9 Å². The van der Waals surface area contributed by atoms with Crippen LogP contribution in [0.25, 0.3) is 0 Å². The molecule has 4 nitrogen and oxygen atoms in total. The van der Waals surface area contributed by atoms with Crippen molar-refractivity contribution in [2.24, 2.45) is 11.3 Å². The molecule has 0 amide bonds. The molecule has 1 aromatic rings. The summed E-state index contributed by atoms with van der Waals surface area (Å²) >= 11 is 0. The first-order valence-corrected chi connectivity index (χ1v) is 9.39. The van der Waals surface area contributed by atoms with E-state index in [0.29, 0.717) is 12.3 Å². The molecule has 140 valence electrons. The maximum absolute atomic E-state index is 11.0. The lowest BCUT2D eigenvalue weighted by molar-refractivity contribution is -0.0567. The third-order valence-corrected chi connectivity index (χ3v) is 6.79. The highest BCUT2D eigenvalue weighted by atomic mass is 16.5. The minimum absolute atomic E-state index is 0.00115. The SMILES string of the molecule is COC[C@@]1(C)CCC[C@]2(C)c3cc(OC)cc(CCO)c3[C@@H](O)CC12. The predicted octanol–water partition coefficient (Wildman–Crippen LogP) is 3.38. The van der Waals surface area contributed by atoms with E-state index in [9.17, 15) is 10.2 Å². The maximum Gasteiger partial charge on any atom is 0.119 e. The molecule has 1 aromatic carbocycles. The van der Waals surface area contributed by atoms with Gasteiger partial charge in [0.05, 0.1) is 19.8 Å². The molecule has 0 bridgehead atoms. The van der Waals surface area contributed by atoms with Gasteiger partial charge in [-0.15, -0.1) is 0 Å². The van der Waals surface area contributed by atoms with Gasteiger partial charge in [0.15, 0.2) is 0 Å². The van der Waals surface area contributed by atoms with Crippen LogP contribution in [0, 0.1) is 11.3 Å². The van der Waals surface area contributed by atoms with E-state index in [2.05, 4.69) is 19.9 Å². The van der Waals surface area contributed by atoms with Gasteiger partial charge in [0, 0.05) is 13.7 Å². The van der Waals surface area contributed by atoms with Crippen molar-refractivity contribution < 1.29 is 19.7 Å². The minimum atomic E-state index is -0.491. The predicted molar refractivity (Wildman–Crippen MR) is 98.0 cm³/mol. The molecule has 0 spiro atoms. The van der Waals surface area contributed by atoms with E-state index in [1.165, 1.54) is 5.56 Å². The molecule has 25 heavy (non-hydrogen) atoms. The summed E-state index contributed by atoms with van der Waals surface area (Å²) < 4.78 is 11.1. The van der Waals surface area contributed by atoms with Gasteiger partial charge in [-0.3, -0.25) is 0 Å². The van der Waals surface area contributed by atoms with Gasteiger partial charge >= 0.3 is 0 Å². The molecule has 3 rings (SSSR count). The van der Waals surface area contributed by atoms with Gasteiger partial charge in [-0.2, -0.15) is 0 Å². The Balaban J connectivity index is 2.16. The molecule has 0 saturated heterocycles. The standard InChI is InChI=1S/C21H32O4/c1-20(13-24-3)7-5-8-21(2)16-11-15(25-4)10-14(6-9-22)19(16)17(23)12-18(20)21/h10-11,17-18,22-23H,5-9,12-13H2,1-4H3/t17-,18?,20+,21+/m0/s1. The molecular weight excluding hydrogens is 316 g/mol. The number of hydrogen-bond donors (Lipinski definition) is 2. The second-order valence-electron chi connectivity index (χ2n) is 8.38. The largest absolute Gasteiger partial charge is 0.497 e. The average Bonchev–Trinajstić information content (AvgIpc) is 2.57. The monoisotopic (exact) mass is 348 g/mol. The van der Waals surface area contributed by atoms with E-state index < -0.39 is 6.10 Å². The Morgan fingerprint density at radius 1 is 1.20 bits per heavy atom. The van der Waals surface area contributed by atoms with Gasteiger partial charge in [-0.05, 0) is 71.3 Å². The summed E-state index contributed by atoms with van der Waals surface area (Å²) in [6, 6.07) is 4.09. The molecule has 0 radical (unpaired) electrons. The zero-order valence-corrected chi connectivity index (χ0v) is 16.0. The Labute approximate surface area is 151 Å². The van der Waals surface area contributed by atoms with E-state index in [1.54, 1.807) is 14.2 Å².